The van der Waals surface area contributed by atoms with Crippen LogP contribution < -0.4 is 5.56 Å². The van der Waals surface area contributed by atoms with Crippen LogP contribution in [0.3, 0.4) is 0 Å². The van der Waals surface area contributed by atoms with E-state index < -0.39 is 0 Å². The van der Waals surface area contributed by atoms with Crippen LogP contribution >= 0.6 is 15.9 Å². The largest absolute Gasteiger partial charge is 0.312 e. The fourth-order valence-corrected chi connectivity index (χ4v) is 1.21. The minimum absolute atomic E-state index is 0.0125. The zero-order valence-electron chi connectivity index (χ0n) is 6.96. The number of rotatable bonds is 3. The summed E-state index contributed by atoms with van der Waals surface area (Å²) in [4.78, 5) is 15.3. The summed E-state index contributed by atoms with van der Waals surface area (Å²) in [6.07, 6.45) is 4.34. The van der Waals surface area contributed by atoms with E-state index in [1.54, 1.807) is 23.9 Å². The lowest BCUT2D eigenvalue weighted by atomic mass is 10.4. The molecule has 0 aliphatic carbocycles. The van der Waals surface area contributed by atoms with Crippen molar-refractivity contribution in [2.24, 2.45) is 0 Å². The third-order valence-corrected chi connectivity index (χ3v) is 2.18. The number of aromatic nitrogens is 2. The molecule has 0 unspecified atom stereocenters. The van der Waals surface area contributed by atoms with Crippen molar-refractivity contribution in [2.45, 2.75) is 19.9 Å². The normalized spacial score (nSPS) is 10.2. The van der Waals surface area contributed by atoms with E-state index >= 15 is 0 Å². The van der Waals surface area contributed by atoms with Crippen molar-refractivity contribution in [1.82, 2.24) is 9.55 Å². The van der Waals surface area contributed by atoms with Crippen LogP contribution in [0.4, 0.5) is 0 Å². The average Bonchev–Trinajstić information content (AvgIpc) is 2.08. The molecule has 0 aliphatic heterocycles. The highest BCUT2D eigenvalue weighted by Crippen LogP contribution is 1.91. The Morgan fingerprint density at radius 2 is 2.42 bits per heavy atom. The second kappa shape index (κ2) is 4.40. The van der Waals surface area contributed by atoms with Gasteiger partial charge in [0.2, 0.25) is 0 Å². The van der Waals surface area contributed by atoms with Gasteiger partial charge < -0.3 is 4.57 Å². The minimum atomic E-state index is 0.0125. The lowest BCUT2D eigenvalue weighted by molar-refractivity contribution is 0.648. The monoisotopic (exact) mass is 230 g/mol. The van der Waals surface area contributed by atoms with Crippen molar-refractivity contribution in [1.29, 1.82) is 0 Å². The number of halogens is 1. The van der Waals surface area contributed by atoms with Crippen LogP contribution in [0.2, 0.25) is 0 Å². The van der Waals surface area contributed by atoms with E-state index in [1.807, 2.05) is 0 Å². The summed E-state index contributed by atoms with van der Waals surface area (Å²) in [5.41, 5.74) is 0.575. The van der Waals surface area contributed by atoms with Crippen LogP contribution in [0.25, 0.3) is 0 Å². The molecule has 0 saturated heterocycles. The van der Waals surface area contributed by atoms with Gasteiger partial charge in [-0.3, -0.25) is 9.78 Å². The second-order valence-electron chi connectivity index (χ2n) is 2.55. The molecule has 0 bridgehead atoms. The van der Waals surface area contributed by atoms with E-state index in [9.17, 15) is 4.79 Å². The van der Waals surface area contributed by atoms with Crippen molar-refractivity contribution in [3.05, 3.63) is 28.4 Å². The third kappa shape index (κ3) is 2.17. The number of hydrogen-bond donors (Lipinski definition) is 0. The average molecular weight is 231 g/mol. The Labute approximate surface area is 79.6 Å². The molecule has 0 amide bonds. The molecule has 4 heteroatoms. The Balaban J connectivity index is 2.85. The van der Waals surface area contributed by atoms with Gasteiger partial charge in [0.1, 0.15) is 5.69 Å². The topological polar surface area (TPSA) is 34.9 Å². The molecule has 1 heterocycles. The van der Waals surface area contributed by atoms with Gasteiger partial charge in [0, 0.05) is 24.3 Å². The van der Waals surface area contributed by atoms with Crippen LogP contribution in [-0.2, 0) is 6.54 Å². The highest BCUT2D eigenvalue weighted by molar-refractivity contribution is 9.09. The molecule has 0 N–H and O–H groups in total. The van der Waals surface area contributed by atoms with Gasteiger partial charge in [0.15, 0.2) is 0 Å². The molecule has 12 heavy (non-hydrogen) atoms. The first kappa shape index (κ1) is 9.45. The molecule has 0 spiro atoms. The van der Waals surface area contributed by atoms with Gasteiger partial charge in [-0.1, -0.05) is 15.9 Å². The summed E-state index contributed by atoms with van der Waals surface area (Å²) in [6.45, 7) is 2.49. The lowest BCUT2D eigenvalue weighted by Gasteiger charge is -2.03. The summed E-state index contributed by atoms with van der Waals surface area (Å²) in [5.74, 6) is 0. The van der Waals surface area contributed by atoms with Gasteiger partial charge in [-0.15, -0.1) is 0 Å². The molecule has 66 valence electrons. The standard InChI is InChI=1S/C8H11BrN2O/c1-7-8(12)11(5-2-3-9)6-4-10-7/h4,6H,2-3,5H2,1H3. The predicted molar refractivity (Wildman–Crippen MR) is 51.6 cm³/mol. The molecule has 0 radical (unpaired) electrons. The van der Waals surface area contributed by atoms with Crippen molar-refractivity contribution >= 4 is 15.9 Å². The molecule has 0 saturated carbocycles. The quantitative estimate of drug-likeness (QED) is 0.735. The number of alkyl halides is 1. The fourth-order valence-electron chi connectivity index (χ4n) is 0.963. The molecule has 1 aromatic heterocycles. The summed E-state index contributed by atoms with van der Waals surface area (Å²) in [7, 11) is 0. The van der Waals surface area contributed by atoms with E-state index in [-0.39, 0.29) is 5.56 Å². The highest BCUT2D eigenvalue weighted by atomic mass is 79.9. The zero-order chi connectivity index (χ0) is 8.97. The Morgan fingerprint density at radius 3 is 3.08 bits per heavy atom. The Bertz CT molecular complexity index is 308. The van der Waals surface area contributed by atoms with E-state index in [0.717, 1.165) is 18.3 Å². The molecule has 1 aromatic rings. The van der Waals surface area contributed by atoms with Gasteiger partial charge in [0.05, 0.1) is 0 Å². The van der Waals surface area contributed by atoms with Gasteiger partial charge in [-0.2, -0.15) is 0 Å². The first-order valence-electron chi connectivity index (χ1n) is 3.83. The van der Waals surface area contributed by atoms with Gasteiger partial charge in [-0.25, -0.2) is 0 Å². The molecule has 0 atom stereocenters. The molecule has 3 nitrogen and oxygen atoms in total. The minimum Gasteiger partial charge on any atom is -0.312 e. The molecule has 1 rings (SSSR count). The van der Waals surface area contributed by atoms with E-state index in [4.69, 9.17) is 0 Å². The SMILES string of the molecule is Cc1nccn(CCCBr)c1=O. The number of aryl methyl sites for hydroxylation is 2. The van der Waals surface area contributed by atoms with Crippen LogP contribution in [0, 0.1) is 6.92 Å². The maximum Gasteiger partial charge on any atom is 0.271 e. The van der Waals surface area contributed by atoms with Crippen molar-refractivity contribution in [3.63, 3.8) is 0 Å². The summed E-state index contributed by atoms with van der Waals surface area (Å²) in [5, 5.41) is 0.917. The highest BCUT2D eigenvalue weighted by Gasteiger charge is 1.97. The molecule has 0 aliphatic rings. The Kier molecular flexibility index (Phi) is 3.47. The molecular formula is C8H11BrN2O. The molecule has 0 fully saturated rings. The maximum atomic E-state index is 11.4. The second-order valence-corrected chi connectivity index (χ2v) is 3.35. The van der Waals surface area contributed by atoms with E-state index in [0.29, 0.717) is 5.69 Å². The summed E-state index contributed by atoms with van der Waals surface area (Å²) in [6, 6.07) is 0. The van der Waals surface area contributed by atoms with Gasteiger partial charge in [-0.05, 0) is 13.3 Å². The van der Waals surface area contributed by atoms with Gasteiger partial charge in [0.25, 0.3) is 5.56 Å². The van der Waals surface area contributed by atoms with Crippen LogP contribution in [0.5, 0.6) is 0 Å². The Hall–Kier alpha value is -0.640. The molecule has 0 aromatic carbocycles. The Morgan fingerprint density at radius 1 is 1.67 bits per heavy atom. The fraction of sp³-hybridized carbons (Fsp3) is 0.500. The number of hydrogen-bond acceptors (Lipinski definition) is 2. The number of nitrogens with zero attached hydrogens (tertiary/aromatic N) is 2. The first-order valence-corrected chi connectivity index (χ1v) is 4.96. The van der Waals surface area contributed by atoms with Crippen molar-refractivity contribution in [2.75, 3.05) is 5.33 Å². The van der Waals surface area contributed by atoms with E-state index in [2.05, 4.69) is 20.9 Å². The van der Waals surface area contributed by atoms with Gasteiger partial charge >= 0.3 is 0 Å². The third-order valence-electron chi connectivity index (χ3n) is 1.62. The van der Waals surface area contributed by atoms with Crippen molar-refractivity contribution < 1.29 is 0 Å². The zero-order valence-corrected chi connectivity index (χ0v) is 8.54. The smallest absolute Gasteiger partial charge is 0.271 e. The van der Waals surface area contributed by atoms with Crippen molar-refractivity contribution in [3.8, 4) is 0 Å². The molecular weight excluding hydrogens is 220 g/mol. The maximum absolute atomic E-state index is 11.4. The lowest BCUT2D eigenvalue weighted by Crippen LogP contribution is -2.22. The van der Waals surface area contributed by atoms with Crippen LogP contribution in [0.15, 0.2) is 17.2 Å². The van der Waals surface area contributed by atoms with Crippen LogP contribution in [0.1, 0.15) is 12.1 Å². The van der Waals surface area contributed by atoms with Crippen LogP contribution in [-0.4, -0.2) is 14.9 Å². The predicted octanol–water partition coefficient (Wildman–Crippen LogP) is 1.34. The summed E-state index contributed by atoms with van der Waals surface area (Å²) < 4.78 is 1.68. The van der Waals surface area contributed by atoms with E-state index in [1.165, 1.54) is 0 Å². The first-order chi connectivity index (χ1) is 5.75. The summed E-state index contributed by atoms with van der Waals surface area (Å²) >= 11 is 3.32.